The molecule has 0 saturated carbocycles. The second-order valence-electron chi connectivity index (χ2n) is 7.62. The van der Waals surface area contributed by atoms with E-state index in [2.05, 4.69) is 10.3 Å². The van der Waals surface area contributed by atoms with Crippen LogP contribution >= 0.6 is 34.3 Å². The van der Waals surface area contributed by atoms with Crippen LogP contribution in [0, 0.1) is 5.92 Å². The third kappa shape index (κ3) is 5.32. The highest BCUT2D eigenvalue weighted by Gasteiger charge is 2.39. The third-order valence-electron chi connectivity index (χ3n) is 5.60. The predicted octanol–water partition coefficient (Wildman–Crippen LogP) is 2.51. The molecule has 2 aromatic heterocycles. The fourth-order valence-corrected chi connectivity index (χ4v) is 7.25. The van der Waals surface area contributed by atoms with E-state index in [0.29, 0.717) is 29.1 Å². The van der Waals surface area contributed by atoms with Crippen molar-refractivity contribution in [3.05, 3.63) is 28.0 Å². The first kappa shape index (κ1) is 23.6. The maximum atomic E-state index is 13.2. The first-order valence-corrected chi connectivity index (χ1v) is 13.7. The van der Waals surface area contributed by atoms with Gasteiger partial charge in [-0.1, -0.05) is 29.0 Å². The number of rotatable bonds is 7. The Bertz CT molecular complexity index is 1050. The van der Waals surface area contributed by atoms with Gasteiger partial charge in [0.25, 0.3) is 10.0 Å². The zero-order chi connectivity index (χ0) is 22.7. The summed E-state index contributed by atoms with van der Waals surface area (Å²) >= 11 is 8.17. The van der Waals surface area contributed by atoms with Crippen molar-refractivity contribution in [3.8, 4) is 0 Å². The summed E-state index contributed by atoms with van der Waals surface area (Å²) in [6, 6.07) is 2.46. The number of thiophene rings is 1. The number of nitrogens with one attached hydrogen (secondary N) is 1. The summed E-state index contributed by atoms with van der Waals surface area (Å²) in [5.41, 5.74) is 0. The number of hydrogen-bond donors (Lipinski definition) is 1. The van der Waals surface area contributed by atoms with Gasteiger partial charge in [-0.15, -0.1) is 11.3 Å². The number of amides is 2. The molecule has 2 aromatic rings. The van der Waals surface area contributed by atoms with Gasteiger partial charge < -0.3 is 15.0 Å². The third-order valence-corrected chi connectivity index (χ3v) is 9.84. The zero-order valence-electron chi connectivity index (χ0n) is 17.1. The van der Waals surface area contributed by atoms with Gasteiger partial charge in [0, 0.05) is 26.3 Å². The van der Waals surface area contributed by atoms with Crippen molar-refractivity contribution < 1.29 is 22.7 Å². The monoisotopic (exact) mass is 518 g/mol. The van der Waals surface area contributed by atoms with Crippen LogP contribution in [0.1, 0.15) is 19.3 Å². The second kappa shape index (κ2) is 10.1. The van der Waals surface area contributed by atoms with Crippen molar-refractivity contribution in [2.24, 2.45) is 5.92 Å². The van der Waals surface area contributed by atoms with Gasteiger partial charge in [0.2, 0.25) is 11.8 Å². The van der Waals surface area contributed by atoms with Crippen LogP contribution in [-0.4, -0.2) is 73.3 Å². The molecule has 0 radical (unpaired) electrons. The van der Waals surface area contributed by atoms with E-state index in [0.717, 1.165) is 35.5 Å². The number of carbonyl (C=O) groups is 2. The molecule has 1 N–H and O–H groups in total. The van der Waals surface area contributed by atoms with E-state index >= 15 is 0 Å². The van der Waals surface area contributed by atoms with Gasteiger partial charge in [-0.25, -0.2) is 13.4 Å². The molecule has 2 saturated heterocycles. The Morgan fingerprint density at radius 2 is 2.12 bits per heavy atom. The molecule has 0 aliphatic carbocycles. The number of nitrogens with zero attached hydrogens (tertiary/aromatic N) is 3. The van der Waals surface area contributed by atoms with Crippen LogP contribution in [0.3, 0.4) is 0 Å². The quantitative estimate of drug-likeness (QED) is 0.603. The fraction of sp³-hybridized carbons (Fsp3) is 0.526. The average Bonchev–Trinajstić information content (AvgIpc) is 3.45. The van der Waals surface area contributed by atoms with E-state index in [1.807, 2.05) is 0 Å². The molecule has 2 amide bonds. The summed E-state index contributed by atoms with van der Waals surface area (Å²) in [5, 5.41) is 4.81. The lowest BCUT2D eigenvalue weighted by Crippen LogP contribution is -2.58. The number of aromatic nitrogens is 1. The molecule has 2 aliphatic heterocycles. The molecule has 0 aromatic carbocycles. The summed E-state index contributed by atoms with van der Waals surface area (Å²) in [5.74, 6) is -0.494. The van der Waals surface area contributed by atoms with Gasteiger partial charge in [0.1, 0.15) is 14.6 Å². The average molecular weight is 519 g/mol. The number of halogens is 1. The van der Waals surface area contributed by atoms with Crippen LogP contribution < -0.4 is 5.32 Å². The molecule has 2 fully saturated rings. The molecule has 4 rings (SSSR count). The Morgan fingerprint density at radius 1 is 1.34 bits per heavy atom. The number of thiazole rings is 1. The summed E-state index contributed by atoms with van der Waals surface area (Å²) in [4.78, 5) is 31.8. The number of sulfonamides is 1. The number of hydrogen-bond acceptors (Lipinski definition) is 8. The van der Waals surface area contributed by atoms with Gasteiger partial charge in [0.15, 0.2) is 5.13 Å². The molecule has 0 unspecified atom stereocenters. The lowest BCUT2D eigenvalue weighted by Gasteiger charge is -2.39. The van der Waals surface area contributed by atoms with Crippen LogP contribution in [0.4, 0.5) is 5.13 Å². The number of carbonyl (C=O) groups excluding carboxylic acids is 2. The van der Waals surface area contributed by atoms with E-state index in [4.69, 9.17) is 16.3 Å². The Labute approximate surface area is 199 Å². The Balaban J connectivity index is 1.50. The minimum atomic E-state index is -3.73. The summed E-state index contributed by atoms with van der Waals surface area (Å²) in [7, 11) is -3.73. The Morgan fingerprint density at radius 3 is 2.75 bits per heavy atom. The molecule has 0 spiro atoms. The smallest absolute Gasteiger partial charge is 0.253 e. The van der Waals surface area contributed by atoms with Gasteiger partial charge in [0.05, 0.1) is 12.7 Å². The Kier molecular flexibility index (Phi) is 7.47. The molecule has 0 bridgehead atoms. The largest absolute Gasteiger partial charge is 0.381 e. The lowest BCUT2D eigenvalue weighted by molar-refractivity contribution is -0.142. The van der Waals surface area contributed by atoms with E-state index < -0.39 is 16.1 Å². The molecule has 13 heteroatoms. The first-order valence-electron chi connectivity index (χ1n) is 10.2. The highest BCUT2D eigenvalue weighted by atomic mass is 35.5. The van der Waals surface area contributed by atoms with Crippen LogP contribution in [0.5, 0.6) is 0 Å². The van der Waals surface area contributed by atoms with Crippen molar-refractivity contribution in [2.75, 3.05) is 38.2 Å². The normalized spacial score (nSPS) is 19.8. The maximum absolute atomic E-state index is 13.2. The van der Waals surface area contributed by atoms with Gasteiger partial charge in [-0.05, 0) is 36.6 Å². The van der Waals surface area contributed by atoms with E-state index in [9.17, 15) is 18.0 Å². The molecular weight excluding hydrogens is 496 g/mol. The Hall–Kier alpha value is -1.57. The zero-order valence-corrected chi connectivity index (χ0v) is 20.3. The van der Waals surface area contributed by atoms with Crippen molar-refractivity contribution in [1.29, 1.82) is 0 Å². The SMILES string of the molecule is O=C(Nc1ncc(Cl)s1)[C@H](CC1CCOCC1)N1CCN(S(=O)(=O)c2cccs2)CC1=O. The maximum Gasteiger partial charge on any atom is 0.253 e. The standard InChI is InChI=1S/C19H23ClN4O5S3/c20-15-11-21-19(31-15)22-18(26)14(10-13-3-7-29-8-4-13)24-6-5-23(12-16(24)25)32(27,28)17-2-1-9-30-17/h1-2,9,11,13-14H,3-8,10,12H2,(H,21,22,26)/t14-/m0/s1. The highest BCUT2D eigenvalue weighted by Crippen LogP contribution is 2.28. The molecule has 1 atom stereocenters. The number of piperazine rings is 1. The molecular formula is C19H23ClN4O5S3. The van der Waals surface area contributed by atoms with Crippen LogP contribution in [0.15, 0.2) is 27.9 Å². The van der Waals surface area contributed by atoms with Crippen molar-refractivity contribution in [1.82, 2.24) is 14.2 Å². The van der Waals surface area contributed by atoms with Gasteiger partial charge in [-0.2, -0.15) is 4.31 Å². The molecule has 32 heavy (non-hydrogen) atoms. The highest BCUT2D eigenvalue weighted by molar-refractivity contribution is 7.91. The molecule has 9 nitrogen and oxygen atoms in total. The van der Waals surface area contributed by atoms with Crippen molar-refractivity contribution >= 4 is 61.2 Å². The lowest BCUT2D eigenvalue weighted by atomic mass is 9.91. The predicted molar refractivity (Wildman–Crippen MR) is 122 cm³/mol. The topological polar surface area (TPSA) is 109 Å². The van der Waals surface area contributed by atoms with Gasteiger partial charge >= 0.3 is 0 Å². The molecule has 2 aliphatic rings. The number of anilines is 1. The minimum absolute atomic E-state index is 0.132. The van der Waals surface area contributed by atoms with Crippen LogP contribution in [-0.2, 0) is 24.3 Å². The van der Waals surface area contributed by atoms with E-state index in [1.165, 1.54) is 21.5 Å². The first-order chi connectivity index (χ1) is 15.3. The fourth-order valence-electron chi connectivity index (χ4n) is 3.91. The van der Waals surface area contributed by atoms with Crippen molar-refractivity contribution in [2.45, 2.75) is 29.5 Å². The number of ether oxygens (including phenoxy) is 1. The van der Waals surface area contributed by atoms with Crippen LogP contribution in [0.2, 0.25) is 4.34 Å². The molecule has 174 valence electrons. The second-order valence-corrected chi connectivity index (χ2v) is 12.4. The molecule has 4 heterocycles. The van der Waals surface area contributed by atoms with E-state index in [-0.39, 0.29) is 41.6 Å². The summed E-state index contributed by atoms with van der Waals surface area (Å²) < 4.78 is 32.9. The van der Waals surface area contributed by atoms with Crippen LogP contribution in [0.25, 0.3) is 0 Å². The van der Waals surface area contributed by atoms with Gasteiger partial charge in [-0.3, -0.25) is 9.59 Å². The minimum Gasteiger partial charge on any atom is -0.381 e. The van der Waals surface area contributed by atoms with E-state index in [1.54, 1.807) is 11.4 Å². The van der Waals surface area contributed by atoms with Crippen molar-refractivity contribution in [3.63, 3.8) is 0 Å². The summed E-state index contributed by atoms with van der Waals surface area (Å²) in [6.45, 7) is 1.24. The summed E-state index contributed by atoms with van der Waals surface area (Å²) in [6.07, 6.45) is 3.56.